The summed E-state index contributed by atoms with van der Waals surface area (Å²) in [7, 11) is 0. The van der Waals surface area contributed by atoms with Crippen molar-refractivity contribution < 1.29 is 5.11 Å². The molecule has 1 aliphatic heterocycles. The molecule has 0 aromatic carbocycles. The Kier molecular flexibility index (Phi) is 3.07. The molecule has 1 fully saturated rings. The van der Waals surface area contributed by atoms with Crippen molar-refractivity contribution in [2.45, 2.75) is 25.9 Å². The monoisotopic (exact) mass is 277 g/mol. The number of β-amino-alcohol motifs (C(OH)–C–C–N with tert-alkyl or cyclic N) is 1. The molecule has 1 N–H and O–H groups in total. The summed E-state index contributed by atoms with van der Waals surface area (Å²) in [6.45, 7) is 5.53. The van der Waals surface area contributed by atoms with Gasteiger partial charge in [-0.15, -0.1) is 0 Å². The molecule has 4 nitrogen and oxygen atoms in total. The summed E-state index contributed by atoms with van der Waals surface area (Å²) in [5.41, 5.74) is 1.17. The average molecular weight is 278 g/mol. The summed E-state index contributed by atoms with van der Waals surface area (Å²) >= 11 is 6.01. The Bertz CT molecular complexity index is 623. The maximum absolute atomic E-state index is 9.43. The standard InChI is InChI=1S/C14H16ClN3O/c1-8(2)11-4-17-14(18-6-9(19)7-18)12-5-16-13(15)3-10(11)12/h3-5,8-9,19H,6-7H2,1-2H3. The van der Waals surface area contributed by atoms with Gasteiger partial charge in [0.2, 0.25) is 0 Å². The lowest BCUT2D eigenvalue weighted by atomic mass is 9.99. The fourth-order valence-electron chi connectivity index (χ4n) is 2.46. The molecule has 0 aliphatic carbocycles. The molecule has 0 spiro atoms. The van der Waals surface area contributed by atoms with Gasteiger partial charge in [-0.3, -0.25) is 0 Å². The lowest BCUT2D eigenvalue weighted by molar-refractivity contribution is 0.141. The number of halogens is 1. The van der Waals surface area contributed by atoms with Crippen molar-refractivity contribution in [2.24, 2.45) is 0 Å². The lowest BCUT2D eigenvalue weighted by Gasteiger charge is -2.37. The maximum atomic E-state index is 9.43. The van der Waals surface area contributed by atoms with Gasteiger partial charge in [0.05, 0.1) is 6.10 Å². The fraction of sp³-hybridized carbons (Fsp3) is 0.429. The van der Waals surface area contributed by atoms with E-state index in [1.54, 1.807) is 6.20 Å². The Morgan fingerprint density at radius 2 is 2.00 bits per heavy atom. The molecular formula is C14H16ClN3O. The van der Waals surface area contributed by atoms with Crippen LogP contribution in [0.4, 0.5) is 5.82 Å². The summed E-state index contributed by atoms with van der Waals surface area (Å²) in [4.78, 5) is 10.8. The van der Waals surface area contributed by atoms with E-state index in [9.17, 15) is 5.11 Å². The van der Waals surface area contributed by atoms with Gasteiger partial charge in [-0.1, -0.05) is 25.4 Å². The zero-order valence-corrected chi connectivity index (χ0v) is 11.7. The molecular weight excluding hydrogens is 262 g/mol. The summed E-state index contributed by atoms with van der Waals surface area (Å²) in [6.07, 6.45) is 3.43. The minimum atomic E-state index is -0.248. The number of hydrogen-bond acceptors (Lipinski definition) is 4. The van der Waals surface area contributed by atoms with Crippen LogP contribution in [0.3, 0.4) is 0 Å². The molecule has 3 rings (SSSR count). The first-order valence-electron chi connectivity index (χ1n) is 6.43. The van der Waals surface area contributed by atoms with E-state index in [1.165, 1.54) is 5.56 Å². The molecule has 2 aromatic heterocycles. The predicted molar refractivity (Wildman–Crippen MR) is 76.9 cm³/mol. The van der Waals surface area contributed by atoms with E-state index in [0.29, 0.717) is 24.2 Å². The van der Waals surface area contributed by atoms with E-state index in [4.69, 9.17) is 11.6 Å². The minimum Gasteiger partial charge on any atom is -0.389 e. The average Bonchev–Trinajstić information content (AvgIpc) is 2.33. The number of aromatic nitrogens is 2. The molecule has 3 heterocycles. The van der Waals surface area contributed by atoms with Gasteiger partial charge in [0.1, 0.15) is 11.0 Å². The van der Waals surface area contributed by atoms with Crippen molar-refractivity contribution in [3.8, 4) is 0 Å². The van der Waals surface area contributed by atoms with Crippen molar-refractivity contribution in [1.29, 1.82) is 0 Å². The van der Waals surface area contributed by atoms with Crippen LogP contribution in [0.2, 0.25) is 5.15 Å². The molecule has 1 saturated heterocycles. The van der Waals surface area contributed by atoms with E-state index >= 15 is 0 Å². The third-order valence-electron chi connectivity index (χ3n) is 3.53. The Morgan fingerprint density at radius 1 is 1.26 bits per heavy atom. The molecule has 0 atom stereocenters. The molecule has 0 radical (unpaired) electrons. The molecule has 1 aliphatic rings. The SMILES string of the molecule is CC(C)c1cnc(N2CC(O)C2)c2cnc(Cl)cc12. The van der Waals surface area contributed by atoms with E-state index in [-0.39, 0.29) is 6.10 Å². The maximum Gasteiger partial charge on any atom is 0.138 e. The third-order valence-corrected chi connectivity index (χ3v) is 3.74. The lowest BCUT2D eigenvalue weighted by Crippen LogP contribution is -2.51. The van der Waals surface area contributed by atoms with Crippen molar-refractivity contribution in [1.82, 2.24) is 9.97 Å². The molecule has 0 bridgehead atoms. The highest BCUT2D eigenvalue weighted by Crippen LogP contribution is 2.33. The van der Waals surface area contributed by atoms with Crippen LogP contribution in [0.25, 0.3) is 10.8 Å². The highest BCUT2D eigenvalue weighted by molar-refractivity contribution is 6.30. The summed E-state index contributed by atoms with van der Waals surface area (Å²) in [6, 6.07) is 1.90. The second-order valence-electron chi connectivity index (χ2n) is 5.30. The van der Waals surface area contributed by atoms with Crippen molar-refractivity contribution in [3.63, 3.8) is 0 Å². The second kappa shape index (κ2) is 4.62. The van der Waals surface area contributed by atoms with Gasteiger partial charge in [-0.05, 0) is 22.9 Å². The van der Waals surface area contributed by atoms with Gasteiger partial charge >= 0.3 is 0 Å². The molecule has 100 valence electrons. The van der Waals surface area contributed by atoms with Crippen LogP contribution in [0.5, 0.6) is 0 Å². The second-order valence-corrected chi connectivity index (χ2v) is 5.69. The number of pyridine rings is 2. The van der Waals surface area contributed by atoms with E-state index in [0.717, 1.165) is 16.6 Å². The Balaban J connectivity index is 2.17. The first-order valence-corrected chi connectivity index (χ1v) is 6.81. The number of hydrogen-bond donors (Lipinski definition) is 1. The molecule has 0 saturated carbocycles. The smallest absolute Gasteiger partial charge is 0.138 e. The zero-order chi connectivity index (χ0) is 13.6. The predicted octanol–water partition coefficient (Wildman–Crippen LogP) is 2.59. The van der Waals surface area contributed by atoms with Gasteiger partial charge in [0, 0.05) is 30.9 Å². The molecule has 0 unspecified atom stereocenters. The Hall–Kier alpha value is -1.39. The fourth-order valence-corrected chi connectivity index (χ4v) is 2.61. The third kappa shape index (κ3) is 2.15. The van der Waals surface area contributed by atoms with Crippen LogP contribution in [0.15, 0.2) is 18.5 Å². The highest BCUT2D eigenvalue weighted by atomic mass is 35.5. The van der Waals surface area contributed by atoms with Gasteiger partial charge in [-0.25, -0.2) is 9.97 Å². The largest absolute Gasteiger partial charge is 0.389 e. The van der Waals surface area contributed by atoms with Crippen molar-refractivity contribution in [3.05, 3.63) is 29.2 Å². The van der Waals surface area contributed by atoms with Crippen LogP contribution >= 0.6 is 11.6 Å². The normalized spacial score (nSPS) is 16.2. The number of rotatable bonds is 2. The number of aliphatic hydroxyl groups is 1. The number of nitrogens with zero attached hydrogens (tertiary/aromatic N) is 3. The van der Waals surface area contributed by atoms with Crippen LogP contribution in [-0.2, 0) is 0 Å². The summed E-state index contributed by atoms with van der Waals surface area (Å²) < 4.78 is 0. The van der Waals surface area contributed by atoms with E-state index < -0.39 is 0 Å². The highest BCUT2D eigenvalue weighted by Gasteiger charge is 2.27. The topological polar surface area (TPSA) is 49.2 Å². The first-order chi connectivity index (χ1) is 9.06. The molecule has 2 aromatic rings. The van der Waals surface area contributed by atoms with Gasteiger partial charge in [0.15, 0.2) is 0 Å². The quantitative estimate of drug-likeness (QED) is 0.857. The summed E-state index contributed by atoms with van der Waals surface area (Å²) in [5.74, 6) is 1.26. The van der Waals surface area contributed by atoms with Crippen LogP contribution in [-0.4, -0.2) is 34.3 Å². The zero-order valence-electron chi connectivity index (χ0n) is 11.0. The molecule has 19 heavy (non-hydrogen) atoms. The van der Waals surface area contributed by atoms with Crippen molar-refractivity contribution >= 4 is 28.2 Å². The molecule has 0 amide bonds. The Labute approximate surface area is 117 Å². The number of aliphatic hydroxyl groups excluding tert-OH is 1. The molecule has 5 heteroatoms. The van der Waals surface area contributed by atoms with Gasteiger partial charge < -0.3 is 10.0 Å². The van der Waals surface area contributed by atoms with E-state index in [1.807, 2.05) is 12.3 Å². The van der Waals surface area contributed by atoms with Crippen LogP contribution < -0.4 is 4.90 Å². The number of anilines is 1. The number of fused-ring (bicyclic) bond motifs is 1. The minimum absolute atomic E-state index is 0.248. The van der Waals surface area contributed by atoms with E-state index in [2.05, 4.69) is 28.7 Å². The first kappa shape index (κ1) is 12.6. The van der Waals surface area contributed by atoms with Crippen molar-refractivity contribution in [2.75, 3.05) is 18.0 Å². The van der Waals surface area contributed by atoms with Crippen LogP contribution in [0, 0.1) is 0 Å². The van der Waals surface area contributed by atoms with Crippen LogP contribution in [0.1, 0.15) is 25.3 Å². The van der Waals surface area contributed by atoms with Gasteiger partial charge in [0.25, 0.3) is 0 Å². The Morgan fingerprint density at radius 3 is 2.63 bits per heavy atom. The summed E-state index contributed by atoms with van der Waals surface area (Å²) in [5, 5.41) is 12.0. The van der Waals surface area contributed by atoms with Gasteiger partial charge in [-0.2, -0.15) is 0 Å².